The molecular formula is C12H24N4O3S. The maximum Gasteiger partial charge on any atom is 0.244 e. The first kappa shape index (κ1) is 17.1. The van der Waals surface area contributed by atoms with Gasteiger partial charge in [-0.05, 0) is 27.3 Å². The minimum absolute atomic E-state index is 0.167. The second-order valence-electron chi connectivity index (χ2n) is 4.52. The van der Waals surface area contributed by atoms with Crippen molar-refractivity contribution < 1.29 is 13.2 Å². The fourth-order valence-corrected chi connectivity index (χ4v) is 3.31. The molecule has 1 rings (SSSR count). The van der Waals surface area contributed by atoms with Crippen molar-refractivity contribution in [3.05, 3.63) is 11.4 Å². The topological polar surface area (TPSA) is 96.1 Å². The Morgan fingerprint density at radius 3 is 2.70 bits per heavy atom. The minimum Gasteiger partial charge on any atom is -0.377 e. The summed E-state index contributed by atoms with van der Waals surface area (Å²) in [5.74, 6) is 0. The molecule has 0 fully saturated rings. The number of H-pyrrole nitrogens is 1. The van der Waals surface area contributed by atoms with Crippen molar-refractivity contribution in [1.29, 1.82) is 0 Å². The summed E-state index contributed by atoms with van der Waals surface area (Å²) < 4.78 is 32.6. The lowest BCUT2D eigenvalue weighted by Gasteiger charge is -2.13. The zero-order valence-electron chi connectivity index (χ0n) is 12.5. The van der Waals surface area contributed by atoms with Gasteiger partial charge in [-0.2, -0.15) is 5.10 Å². The van der Waals surface area contributed by atoms with Gasteiger partial charge in [0.05, 0.1) is 17.5 Å². The lowest BCUT2D eigenvalue weighted by molar-refractivity contribution is 0.0799. The van der Waals surface area contributed by atoms with E-state index in [1.54, 1.807) is 6.92 Å². The van der Waals surface area contributed by atoms with Crippen LogP contribution in [0.5, 0.6) is 0 Å². The lowest BCUT2D eigenvalue weighted by Crippen LogP contribution is -2.33. The molecule has 0 aliphatic carbocycles. The zero-order chi connectivity index (χ0) is 15.2. The van der Waals surface area contributed by atoms with Crippen molar-refractivity contribution in [2.75, 3.05) is 19.7 Å². The molecule has 7 nitrogen and oxygen atoms in total. The molecular weight excluding hydrogens is 280 g/mol. The predicted octanol–water partition coefficient (Wildman–Crippen LogP) is 0.531. The fraction of sp³-hybridized carbons (Fsp3) is 0.750. The molecule has 1 aromatic heterocycles. The number of hydrogen-bond donors (Lipinski definition) is 3. The van der Waals surface area contributed by atoms with Gasteiger partial charge in [-0.15, -0.1) is 0 Å². The number of nitrogens with zero attached hydrogens (tertiary/aromatic N) is 1. The van der Waals surface area contributed by atoms with E-state index >= 15 is 0 Å². The monoisotopic (exact) mass is 304 g/mol. The van der Waals surface area contributed by atoms with Gasteiger partial charge in [-0.3, -0.25) is 5.10 Å². The number of aryl methyl sites for hydroxylation is 1. The number of ether oxygens (including phenoxy) is 1. The first-order chi connectivity index (χ1) is 9.42. The van der Waals surface area contributed by atoms with Gasteiger partial charge in [0.2, 0.25) is 10.0 Å². The standard InChI is InChI=1S/C12H24N4O3S/c1-5-13-8-11-12(10(4)15-16-11)20(17,18)14-7-9(3)19-6-2/h9,13-14H,5-8H2,1-4H3,(H,15,16). The second kappa shape index (κ2) is 7.72. The Balaban J connectivity index is 2.83. The SMILES string of the molecule is CCNCc1n[nH]c(C)c1S(=O)(=O)NCC(C)OCC. The van der Waals surface area contributed by atoms with Gasteiger partial charge >= 0.3 is 0 Å². The maximum atomic E-state index is 12.4. The van der Waals surface area contributed by atoms with Crippen LogP contribution in [0.4, 0.5) is 0 Å². The highest BCUT2D eigenvalue weighted by atomic mass is 32.2. The van der Waals surface area contributed by atoms with E-state index < -0.39 is 10.0 Å². The molecule has 0 amide bonds. The summed E-state index contributed by atoms with van der Waals surface area (Å²) in [6, 6.07) is 0. The van der Waals surface area contributed by atoms with Gasteiger partial charge in [0.15, 0.2) is 0 Å². The largest absolute Gasteiger partial charge is 0.377 e. The van der Waals surface area contributed by atoms with Crippen molar-refractivity contribution in [2.45, 2.75) is 45.2 Å². The van der Waals surface area contributed by atoms with Gasteiger partial charge in [-0.25, -0.2) is 13.1 Å². The van der Waals surface area contributed by atoms with Crippen LogP contribution in [0.25, 0.3) is 0 Å². The molecule has 0 aliphatic heterocycles. The third-order valence-corrected chi connectivity index (χ3v) is 4.41. The third-order valence-electron chi connectivity index (χ3n) is 2.78. The molecule has 0 saturated carbocycles. The van der Waals surface area contributed by atoms with E-state index in [4.69, 9.17) is 4.74 Å². The number of hydrogen-bond acceptors (Lipinski definition) is 5. The van der Waals surface area contributed by atoms with E-state index in [9.17, 15) is 8.42 Å². The summed E-state index contributed by atoms with van der Waals surface area (Å²) in [5.41, 5.74) is 1.04. The first-order valence-corrected chi connectivity index (χ1v) is 8.26. The average molecular weight is 304 g/mol. The number of aromatic nitrogens is 2. The number of sulfonamides is 1. The number of nitrogens with one attached hydrogen (secondary N) is 3. The minimum atomic E-state index is -3.59. The second-order valence-corrected chi connectivity index (χ2v) is 6.23. The first-order valence-electron chi connectivity index (χ1n) is 6.78. The lowest BCUT2D eigenvalue weighted by atomic mass is 10.3. The van der Waals surface area contributed by atoms with Gasteiger partial charge < -0.3 is 10.1 Å². The Labute approximate surface area is 120 Å². The highest BCUT2D eigenvalue weighted by Gasteiger charge is 2.24. The molecule has 1 unspecified atom stereocenters. The molecule has 3 N–H and O–H groups in total. The van der Waals surface area contributed by atoms with Crippen LogP contribution in [0.1, 0.15) is 32.2 Å². The van der Waals surface area contributed by atoms with Crippen LogP contribution in [-0.2, 0) is 21.3 Å². The molecule has 1 aromatic rings. The van der Waals surface area contributed by atoms with E-state index in [-0.39, 0.29) is 17.5 Å². The Hall–Kier alpha value is -0.960. The molecule has 0 aromatic carbocycles. The quantitative estimate of drug-likeness (QED) is 0.618. The average Bonchev–Trinajstić information content (AvgIpc) is 2.76. The summed E-state index contributed by atoms with van der Waals surface area (Å²) in [6.45, 7) is 9.31. The Bertz CT molecular complexity index is 513. The predicted molar refractivity (Wildman–Crippen MR) is 77.0 cm³/mol. The van der Waals surface area contributed by atoms with Crippen LogP contribution in [0.15, 0.2) is 4.90 Å². The summed E-state index contributed by atoms with van der Waals surface area (Å²) >= 11 is 0. The fourth-order valence-electron chi connectivity index (χ4n) is 1.83. The molecule has 116 valence electrons. The van der Waals surface area contributed by atoms with Crippen molar-refractivity contribution >= 4 is 10.0 Å². The molecule has 8 heteroatoms. The van der Waals surface area contributed by atoms with Crippen molar-refractivity contribution in [3.63, 3.8) is 0 Å². The molecule has 1 heterocycles. The summed E-state index contributed by atoms with van der Waals surface area (Å²) in [6.07, 6.45) is -0.167. The molecule has 0 aliphatic rings. The van der Waals surface area contributed by atoms with E-state index in [1.807, 2.05) is 20.8 Å². The van der Waals surface area contributed by atoms with Crippen molar-refractivity contribution in [2.24, 2.45) is 0 Å². The van der Waals surface area contributed by atoms with Crippen LogP contribution in [0.3, 0.4) is 0 Å². The zero-order valence-corrected chi connectivity index (χ0v) is 13.3. The van der Waals surface area contributed by atoms with Gasteiger partial charge in [0, 0.05) is 19.7 Å². The van der Waals surface area contributed by atoms with Crippen LogP contribution in [0, 0.1) is 6.92 Å². The number of aromatic amines is 1. The molecule has 0 bridgehead atoms. The molecule has 20 heavy (non-hydrogen) atoms. The Morgan fingerprint density at radius 1 is 1.40 bits per heavy atom. The summed E-state index contributed by atoms with van der Waals surface area (Å²) in [5, 5.41) is 9.85. The molecule has 0 saturated heterocycles. The highest BCUT2D eigenvalue weighted by molar-refractivity contribution is 7.89. The van der Waals surface area contributed by atoms with Gasteiger partial charge in [-0.1, -0.05) is 6.92 Å². The molecule has 0 spiro atoms. The maximum absolute atomic E-state index is 12.4. The molecule has 0 radical (unpaired) electrons. The van der Waals surface area contributed by atoms with Gasteiger partial charge in [0.1, 0.15) is 4.90 Å². The van der Waals surface area contributed by atoms with E-state index in [2.05, 4.69) is 20.2 Å². The van der Waals surface area contributed by atoms with Crippen LogP contribution in [0.2, 0.25) is 0 Å². The molecule has 1 atom stereocenters. The summed E-state index contributed by atoms with van der Waals surface area (Å²) in [4.78, 5) is 0.224. The van der Waals surface area contributed by atoms with Crippen molar-refractivity contribution in [3.8, 4) is 0 Å². The van der Waals surface area contributed by atoms with E-state index in [1.165, 1.54) is 0 Å². The van der Waals surface area contributed by atoms with E-state index in [0.29, 0.717) is 24.5 Å². The van der Waals surface area contributed by atoms with Crippen molar-refractivity contribution in [1.82, 2.24) is 20.2 Å². The van der Waals surface area contributed by atoms with Crippen LogP contribution >= 0.6 is 0 Å². The Morgan fingerprint density at radius 2 is 2.10 bits per heavy atom. The summed E-state index contributed by atoms with van der Waals surface area (Å²) in [7, 11) is -3.59. The third kappa shape index (κ3) is 4.55. The highest BCUT2D eigenvalue weighted by Crippen LogP contribution is 2.17. The number of rotatable bonds is 9. The normalized spacial score (nSPS) is 13.6. The van der Waals surface area contributed by atoms with E-state index in [0.717, 1.165) is 6.54 Å². The van der Waals surface area contributed by atoms with Gasteiger partial charge in [0.25, 0.3) is 0 Å². The van der Waals surface area contributed by atoms with Crippen LogP contribution < -0.4 is 10.0 Å². The smallest absolute Gasteiger partial charge is 0.244 e. The Kier molecular flexibility index (Phi) is 6.60. The van der Waals surface area contributed by atoms with Crippen LogP contribution in [-0.4, -0.2) is 44.4 Å².